The molecule has 0 saturated heterocycles. The second kappa shape index (κ2) is 6.28. The molecule has 2 aromatic carbocycles. The normalized spacial score (nSPS) is 11.1. The number of hydrogen-bond donors (Lipinski definition) is 1. The number of benzene rings is 2. The lowest BCUT2D eigenvalue weighted by molar-refractivity contribution is -0.384. The number of non-ortho nitro benzene ring substituents is 1. The van der Waals surface area contributed by atoms with Crippen molar-refractivity contribution in [3.8, 4) is 0 Å². The first-order valence-corrected chi connectivity index (χ1v) is 8.20. The smallest absolute Gasteiger partial charge is 0.271 e. The number of nitrogens with zero attached hydrogens (tertiary/aromatic N) is 1. The molecule has 0 amide bonds. The third kappa shape index (κ3) is 3.51. The summed E-state index contributed by atoms with van der Waals surface area (Å²) in [6.45, 7) is 3.12. The summed E-state index contributed by atoms with van der Waals surface area (Å²) in [6, 6.07) is 7.31. The molecule has 0 aliphatic heterocycles. The Kier molecular flexibility index (Phi) is 4.56. The zero-order chi connectivity index (χ0) is 18.1. The highest BCUT2D eigenvalue weighted by molar-refractivity contribution is 7.92. The largest absolute Gasteiger partial charge is 0.545 e. The van der Waals surface area contributed by atoms with E-state index in [0.29, 0.717) is 11.1 Å². The number of nitro benzene ring substituents is 1. The molecule has 0 aliphatic carbocycles. The summed E-state index contributed by atoms with van der Waals surface area (Å²) in [5.74, 6) is -1.50. The Morgan fingerprint density at radius 1 is 1.17 bits per heavy atom. The van der Waals surface area contributed by atoms with Crippen LogP contribution in [0.25, 0.3) is 0 Å². The summed E-state index contributed by atoms with van der Waals surface area (Å²) in [4.78, 5) is 20.9. The van der Waals surface area contributed by atoms with Gasteiger partial charge in [0.05, 0.1) is 21.5 Å². The second-order valence-electron chi connectivity index (χ2n) is 5.12. The molecule has 0 atom stereocenters. The van der Waals surface area contributed by atoms with Crippen LogP contribution in [0.3, 0.4) is 0 Å². The molecule has 0 radical (unpaired) electrons. The Balaban J connectivity index is 2.50. The number of hydrogen-bond acceptors (Lipinski definition) is 6. The Hall–Kier alpha value is -2.94. The van der Waals surface area contributed by atoms with Crippen molar-refractivity contribution >= 4 is 27.4 Å². The van der Waals surface area contributed by atoms with Gasteiger partial charge < -0.3 is 9.90 Å². The minimum atomic E-state index is -4.13. The lowest BCUT2D eigenvalue weighted by Crippen LogP contribution is -2.23. The van der Waals surface area contributed by atoms with Crippen molar-refractivity contribution in [1.29, 1.82) is 0 Å². The van der Waals surface area contributed by atoms with Crippen LogP contribution in [-0.2, 0) is 10.0 Å². The Labute approximate surface area is 138 Å². The van der Waals surface area contributed by atoms with Crippen molar-refractivity contribution in [1.82, 2.24) is 0 Å². The Morgan fingerprint density at radius 3 is 2.42 bits per heavy atom. The van der Waals surface area contributed by atoms with E-state index in [1.807, 2.05) is 0 Å². The van der Waals surface area contributed by atoms with E-state index in [1.165, 1.54) is 31.2 Å². The van der Waals surface area contributed by atoms with Crippen molar-refractivity contribution in [3.05, 3.63) is 63.2 Å². The zero-order valence-corrected chi connectivity index (χ0v) is 13.6. The van der Waals surface area contributed by atoms with E-state index in [-0.39, 0.29) is 21.8 Å². The summed E-state index contributed by atoms with van der Waals surface area (Å²) in [7, 11) is -4.13. The summed E-state index contributed by atoms with van der Waals surface area (Å²) >= 11 is 0. The second-order valence-corrected chi connectivity index (χ2v) is 6.77. The minimum Gasteiger partial charge on any atom is -0.545 e. The third-order valence-corrected chi connectivity index (χ3v) is 4.96. The molecule has 0 unspecified atom stereocenters. The predicted molar refractivity (Wildman–Crippen MR) is 84.2 cm³/mol. The zero-order valence-electron chi connectivity index (χ0n) is 12.8. The van der Waals surface area contributed by atoms with E-state index in [9.17, 15) is 28.4 Å². The molecule has 2 rings (SSSR count). The molecule has 1 N–H and O–H groups in total. The molecule has 9 heteroatoms. The van der Waals surface area contributed by atoms with Gasteiger partial charge in [-0.1, -0.05) is 6.07 Å². The average molecular weight is 349 g/mol. The topological polar surface area (TPSA) is 129 Å². The van der Waals surface area contributed by atoms with Crippen LogP contribution >= 0.6 is 0 Å². The SMILES string of the molecule is Cc1cc(C(=O)[O-])cc(S(=O)(=O)Nc2cccc([N+](=O)[O-])c2)c1C. The minimum absolute atomic E-state index is 0.0000983. The van der Waals surface area contributed by atoms with Crippen LogP contribution in [0.4, 0.5) is 11.4 Å². The highest BCUT2D eigenvalue weighted by Gasteiger charge is 2.20. The number of carboxylic acid groups (broad SMARTS) is 1. The van der Waals surface area contributed by atoms with Crippen LogP contribution in [0.1, 0.15) is 21.5 Å². The molecular formula is C15H13N2O6S-. The third-order valence-electron chi connectivity index (χ3n) is 3.45. The highest BCUT2D eigenvalue weighted by atomic mass is 32.2. The lowest BCUT2D eigenvalue weighted by Gasteiger charge is -2.14. The van der Waals surface area contributed by atoms with E-state index in [4.69, 9.17) is 0 Å². The fourth-order valence-corrected chi connectivity index (χ4v) is 3.51. The van der Waals surface area contributed by atoms with E-state index >= 15 is 0 Å². The number of carboxylic acids is 1. The number of anilines is 1. The van der Waals surface area contributed by atoms with Gasteiger partial charge in [-0.25, -0.2) is 8.42 Å². The summed E-state index contributed by atoms with van der Waals surface area (Å²) in [6.07, 6.45) is 0. The van der Waals surface area contributed by atoms with Crippen molar-refractivity contribution in [2.24, 2.45) is 0 Å². The molecule has 0 saturated carbocycles. The Bertz CT molecular complexity index is 937. The van der Waals surface area contributed by atoms with E-state index in [0.717, 1.165) is 12.1 Å². The number of nitro groups is 1. The number of carbonyl (C=O) groups is 1. The van der Waals surface area contributed by atoms with E-state index in [1.54, 1.807) is 6.92 Å². The number of nitrogens with one attached hydrogen (secondary N) is 1. The number of sulfonamides is 1. The van der Waals surface area contributed by atoms with E-state index in [2.05, 4.69) is 4.72 Å². The van der Waals surface area contributed by atoms with Crippen LogP contribution in [0.15, 0.2) is 41.3 Å². The number of carbonyl (C=O) groups excluding carboxylic acids is 1. The Morgan fingerprint density at radius 2 is 1.83 bits per heavy atom. The molecule has 126 valence electrons. The summed E-state index contributed by atoms with van der Waals surface area (Å²) in [5.41, 5.74) is 0.304. The van der Waals surface area contributed by atoms with Crippen LogP contribution in [-0.4, -0.2) is 19.3 Å². The molecule has 0 bridgehead atoms. The molecule has 0 fully saturated rings. The maximum atomic E-state index is 12.5. The van der Waals surface area contributed by atoms with Gasteiger partial charge in [0, 0.05) is 12.1 Å². The summed E-state index contributed by atoms with van der Waals surface area (Å²) < 4.78 is 27.3. The van der Waals surface area contributed by atoms with Crippen molar-refractivity contribution in [3.63, 3.8) is 0 Å². The molecule has 0 aliphatic rings. The number of aromatic carboxylic acids is 1. The standard InChI is InChI=1S/C15H14N2O6S/c1-9-6-11(15(18)19)7-14(10(9)2)24(22,23)16-12-4-3-5-13(8-12)17(20)21/h3-8,16H,1-2H3,(H,18,19)/p-1. The van der Waals surface area contributed by atoms with Gasteiger partial charge in [-0.3, -0.25) is 14.8 Å². The fourth-order valence-electron chi connectivity index (χ4n) is 2.12. The van der Waals surface area contributed by atoms with Gasteiger partial charge in [-0.05, 0) is 48.7 Å². The van der Waals surface area contributed by atoms with E-state index < -0.39 is 20.9 Å². The van der Waals surface area contributed by atoms with Gasteiger partial charge in [0.1, 0.15) is 0 Å². The molecular weight excluding hydrogens is 336 g/mol. The van der Waals surface area contributed by atoms with Crippen molar-refractivity contribution in [2.75, 3.05) is 4.72 Å². The first-order valence-electron chi connectivity index (χ1n) is 6.71. The van der Waals surface area contributed by atoms with Crippen LogP contribution < -0.4 is 9.83 Å². The number of rotatable bonds is 5. The predicted octanol–water partition coefficient (Wildman–Crippen LogP) is 1.38. The van der Waals surface area contributed by atoms with Gasteiger partial charge in [0.15, 0.2) is 0 Å². The average Bonchev–Trinajstić information content (AvgIpc) is 2.49. The number of aryl methyl sites for hydroxylation is 1. The van der Waals surface area contributed by atoms with Crippen LogP contribution in [0.5, 0.6) is 0 Å². The summed E-state index contributed by atoms with van der Waals surface area (Å²) in [5, 5.41) is 21.8. The molecule has 2 aromatic rings. The highest BCUT2D eigenvalue weighted by Crippen LogP contribution is 2.25. The molecule has 0 aromatic heterocycles. The van der Waals surface area contributed by atoms with Gasteiger partial charge in [0.2, 0.25) is 0 Å². The molecule has 0 spiro atoms. The first kappa shape index (κ1) is 17.4. The fraction of sp³-hybridized carbons (Fsp3) is 0.133. The lowest BCUT2D eigenvalue weighted by atomic mass is 10.1. The van der Waals surface area contributed by atoms with Crippen molar-refractivity contribution in [2.45, 2.75) is 18.7 Å². The van der Waals surface area contributed by atoms with Crippen LogP contribution in [0, 0.1) is 24.0 Å². The van der Waals surface area contributed by atoms with Crippen LogP contribution in [0.2, 0.25) is 0 Å². The maximum absolute atomic E-state index is 12.5. The molecule has 0 heterocycles. The van der Waals surface area contributed by atoms with Crippen molar-refractivity contribution < 1.29 is 23.2 Å². The van der Waals surface area contributed by atoms with Gasteiger partial charge in [-0.2, -0.15) is 0 Å². The van der Waals surface area contributed by atoms with Gasteiger partial charge >= 0.3 is 0 Å². The quantitative estimate of drug-likeness (QED) is 0.641. The first-order chi connectivity index (χ1) is 11.1. The van der Waals surface area contributed by atoms with Gasteiger partial charge in [-0.15, -0.1) is 0 Å². The monoisotopic (exact) mass is 349 g/mol. The molecule has 24 heavy (non-hydrogen) atoms. The van der Waals surface area contributed by atoms with Gasteiger partial charge in [0.25, 0.3) is 15.7 Å². The molecule has 8 nitrogen and oxygen atoms in total. The maximum Gasteiger partial charge on any atom is 0.271 e.